The molecule has 0 saturated carbocycles. The first kappa shape index (κ1) is 19.5. The van der Waals surface area contributed by atoms with Crippen LogP contribution in [0.5, 0.6) is 0 Å². The summed E-state index contributed by atoms with van der Waals surface area (Å²) in [4.78, 5) is 4.79. The molecule has 0 spiro atoms. The van der Waals surface area contributed by atoms with Gasteiger partial charge in [0.1, 0.15) is 0 Å². The second-order valence-corrected chi connectivity index (χ2v) is 8.56. The van der Waals surface area contributed by atoms with Crippen molar-refractivity contribution in [3.63, 3.8) is 0 Å². The molecule has 0 aromatic heterocycles. The molecule has 0 amide bonds. The van der Waals surface area contributed by atoms with Crippen molar-refractivity contribution in [2.45, 2.75) is 16.3 Å². The third kappa shape index (κ3) is 4.21. The van der Waals surface area contributed by atoms with Crippen molar-refractivity contribution in [1.82, 2.24) is 0 Å². The van der Waals surface area contributed by atoms with Crippen LogP contribution in [0.4, 0.5) is 17.1 Å². The van der Waals surface area contributed by atoms with E-state index in [0.29, 0.717) is 0 Å². The number of fused-ring (bicyclic) bond motifs is 2. The molecule has 4 aromatic rings. The molecule has 0 N–H and O–H groups in total. The predicted molar refractivity (Wildman–Crippen MR) is 132 cm³/mol. The molecule has 0 saturated heterocycles. The number of hydrogen-bond acceptors (Lipinski definition) is 4. The fraction of sp³-hybridized carbons (Fsp3) is 0.0741. The van der Waals surface area contributed by atoms with Crippen LogP contribution < -0.4 is 9.91 Å². The Hall–Kier alpha value is -3.50. The molecule has 4 aromatic carbocycles. The highest BCUT2D eigenvalue weighted by atomic mass is 32.2. The number of hydrazone groups is 1. The predicted octanol–water partition coefficient (Wildman–Crippen LogP) is 6.96. The van der Waals surface area contributed by atoms with Gasteiger partial charge in [-0.3, -0.25) is 5.01 Å². The summed E-state index contributed by atoms with van der Waals surface area (Å²) in [6.07, 6.45) is 1.96. The molecule has 5 rings (SSSR count). The van der Waals surface area contributed by atoms with E-state index in [-0.39, 0.29) is 0 Å². The van der Waals surface area contributed by atoms with E-state index in [0.717, 1.165) is 17.8 Å². The topological polar surface area (TPSA) is 18.8 Å². The zero-order valence-electron chi connectivity index (χ0n) is 17.3. The highest BCUT2D eigenvalue weighted by Gasteiger charge is 2.20. The summed E-state index contributed by atoms with van der Waals surface area (Å²) in [6.45, 7) is 0.719. The summed E-state index contributed by atoms with van der Waals surface area (Å²) < 4.78 is 0. The van der Waals surface area contributed by atoms with Crippen molar-refractivity contribution in [2.75, 3.05) is 17.0 Å². The number of nitrogens with zero attached hydrogens (tertiary/aromatic N) is 3. The Bertz CT molecular complexity index is 1210. The van der Waals surface area contributed by atoms with Gasteiger partial charge in [0.15, 0.2) is 0 Å². The Morgan fingerprint density at radius 1 is 0.774 bits per heavy atom. The average Bonchev–Trinajstić information content (AvgIpc) is 2.83. The average molecular weight is 422 g/mol. The fourth-order valence-electron chi connectivity index (χ4n) is 3.73. The molecule has 0 fully saturated rings. The lowest BCUT2D eigenvalue weighted by atomic mass is 10.2. The zero-order chi connectivity index (χ0) is 21.0. The van der Waals surface area contributed by atoms with Gasteiger partial charge in [-0.15, -0.1) is 0 Å². The molecule has 3 nitrogen and oxygen atoms in total. The normalized spacial score (nSPS) is 12.5. The minimum Gasteiger partial charge on any atom is -0.343 e. The summed E-state index contributed by atoms with van der Waals surface area (Å²) in [5.41, 5.74) is 5.86. The Labute approximate surface area is 187 Å². The number of anilines is 3. The van der Waals surface area contributed by atoms with Crippen molar-refractivity contribution in [3.05, 3.63) is 114 Å². The van der Waals surface area contributed by atoms with Gasteiger partial charge < -0.3 is 4.90 Å². The van der Waals surface area contributed by atoms with Crippen molar-refractivity contribution < 1.29 is 0 Å². The second kappa shape index (κ2) is 8.70. The lowest BCUT2D eigenvalue weighted by Gasteiger charge is -2.29. The smallest absolute Gasteiger partial charge is 0.0666 e. The highest BCUT2D eigenvalue weighted by Crippen LogP contribution is 2.47. The quantitative estimate of drug-likeness (QED) is 0.256. The van der Waals surface area contributed by atoms with Gasteiger partial charge >= 0.3 is 0 Å². The molecule has 1 aliphatic heterocycles. The minimum absolute atomic E-state index is 0.719. The van der Waals surface area contributed by atoms with Crippen LogP contribution >= 0.6 is 11.8 Å². The monoisotopic (exact) mass is 421 g/mol. The summed E-state index contributed by atoms with van der Waals surface area (Å²) >= 11 is 1.82. The van der Waals surface area contributed by atoms with E-state index in [1.807, 2.05) is 47.3 Å². The molecule has 0 atom stereocenters. The van der Waals surface area contributed by atoms with Gasteiger partial charge in [-0.1, -0.05) is 78.5 Å². The molecular weight excluding hydrogens is 398 g/mol. The Kier molecular flexibility index (Phi) is 5.46. The van der Waals surface area contributed by atoms with Crippen LogP contribution in [0.25, 0.3) is 0 Å². The van der Waals surface area contributed by atoms with Gasteiger partial charge in [-0.05, 0) is 47.5 Å². The van der Waals surface area contributed by atoms with E-state index in [4.69, 9.17) is 5.10 Å². The molecule has 0 bridgehead atoms. The SMILES string of the molecule is CN1c2ccccc2Sc2cc(/C=N/N(Cc3ccccc3)c3ccccc3)ccc21. The van der Waals surface area contributed by atoms with Crippen LogP contribution in [0.1, 0.15) is 11.1 Å². The first-order valence-corrected chi connectivity index (χ1v) is 11.1. The van der Waals surface area contributed by atoms with Crippen LogP contribution in [-0.4, -0.2) is 13.3 Å². The van der Waals surface area contributed by atoms with Crippen molar-refractivity contribution >= 4 is 35.0 Å². The maximum Gasteiger partial charge on any atom is 0.0666 e. The maximum absolute atomic E-state index is 4.86. The molecular formula is C27H23N3S. The molecule has 4 heteroatoms. The van der Waals surface area contributed by atoms with E-state index in [9.17, 15) is 0 Å². The van der Waals surface area contributed by atoms with Crippen LogP contribution in [0.15, 0.2) is 118 Å². The first-order valence-electron chi connectivity index (χ1n) is 10.3. The minimum atomic E-state index is 0.719. The number of rotatable bonds is 5. The van der Waals surface area contributed by atoms with Gasteiger partial charge in [-0.25, -0.2) is 0 Å². The first-order chi connectivity index (χ1) is 15.3. The van der Waals surface area contributed by atoms with Crippen molar-refractivity contribution in [3.8, 4) is 0 Å². The van der Waals surface area contributed by atoms with Gasteiger partial charge in [0.25, 0.3) is 0 Å². The van der Waals surface area contributed by atoms with Crippen molar-refractivity contribution in [2.24, 2.45) is 5.10 Å². The standard InChI is InChI=1S/C27H23N3S/c1-29-24-14-8-9-15-26(24)31-27-18-22(16-17-25(27)29)19-28-30(23-12-6-3-7-13-23)20-21-10-4-2-5-11-21/h2-19H,20H2,1H3/b28-19+. The maximum atomic E-state index is 4.86. The molecule has 0 unspecified atom stereocenters. The molecule has 0 aliphatic carbocycles. The van der Waals surface area contributed by atoms with Gasteiger partial charge in [0.2, 0.25) is 0 Å². The largest absolute Gasteiger partial charge is 0.343 e. The van der Waals surface area contributed by atoms with E-state index in [1.54, 1.807) is 0 Å². The van der Waals surface area contributed by atoms with Crippen LogP contribution in [-0.2, 0) is 6.54 Å². The Morgan fingerprint density at radius 2 is 1.45 bits per heavy atom. The van der Waals surface area contributed by atoms with Crippen LogP contribution in [0.3, 0.4) is 0 Å². The lowest BCUT2D eigenvalue weighted by molar-refractivity contribution is 0.858. The van der Waals surface area contributed by atoms with Crippen molar-refractivity contribution in [1.29, 1.82) is 0 Å². The van der Waals surface area contributed by atoms with E-state index < -0.39 is 0 Å². The van der Waals surface area contributed by atoms with Gasteiger partial charge in [0.05, 0.1) is 29.8 Å². The third-order valence-corrected chi connectivity index (χ3v) is 6.48. The molecule has 152 valence electrons. The van der Waals surface area contributed by atoms with Crippen LogP contribution in [0, 0.1) is 0 Å². The summed E-state index contributed by atoms with van der Waals surface area (Å²) in [5.74, 6) is 0. The summed E-state index contributed by atoms with van der Waals surface area (Å²) in [5, 5.41) is 6.90. The number of hydrogen-bond donors (Lipinski definition) is 0. The lowest BCUT2D eigenvalue weighted by Crippen LogP contribution is -2.16. The zero-order valence-corrected chi connectivity index (χ0v) is 18.2. The second-order valence-electron chi connectivity index (χ2n) is 7.48. The molecule has 0 radical (unpaired) electrons. The van der Waals surface area contributed by atoms with Crippen LogP contribution in [0.2, 0.25) is 0 Å². The van der Waals surface area contributed by atoms with E-state index in [2.05, 4.69) is 90.8 Å². The fourth-order valence-corrected chi connectivity index (χ4v) is 4.93. The third-order valence-electron chi connectivity index (χ3n) is 5.37. The van der Waals surface area contributed by atoms with E-state index in [1.165, 1.54) is 26.7 Å². The summed E-state index contributed by atoms with van der Waals surface area (Å²) in [6, 6.07) is 35.8. The highest BCUT2D eigenvalue weighted by molar-refractivity contribution is 7.99. The van der Waals surface area contributed by atoms with E-state index >= 15 is 0 Å². The number of para-hydroxylation sites is 2. The molecule has 1 aliphatic rings. The van der Waals surface area contributed by atoms with Gasteiger partial charge in [-0.2, -0.15) is 5.10 Å². The van der Waals surface area contributed by atoms with Gasteiger partial charge in [0, 0.05) is 16.8 Å². The Morgan fingerprint density at radius 3 is 2.26 bits per heavy atom. The molecule has 31 heavy (non-hydrogen) atoms. The Balaban J connectivity index is 1.43. The summed E-state index contributed by atoms with van der Waals surface area (Å²) in [7, 11) is 2.13. The number of benzene rings is 4. The molecule has 1 heterocycles.